The van der Waals surface area contributed by atoms with Gasteiger partial charge in [-0.25, -0.2) is 0 Å². The van der Waals surface area contributed by atoms with Crippen LogP contribution in [0.25, 0.3) is 0 Å². The molecule has 0 atom stereocenters. The number of methoxy groups -OCH3 is 1. The largest absolute Gasteiger partial charge is 0.496 e. The highest BCUT2D eigenvalue weighted by Crippen LogP contribution is 2.56. The second-order valence-corrected chi connectivity index (χ2v) is 10.5. The molecule has 4 aliphatic carbocycles. The van der Waals surface area contributed by atoms with Gasteiger partial charge in [-0.2, -0.15) is 0 Å². The average Bonchev–Trinajstić information content (AvgIpc) is 2.75. The lowest BCUT2D eigenvalue weighted by Crippen LogP contribution is -2.48. The SMILES string of the molecule is COc1ccc(C(=O)Nc2ccc(Cl)c(Cl)c2)cc1CC(=O)C1C2CC3CC(C2)CC1C3. The number of anilines is 1. The number of Topliss-reactive ketones (excluding diaryl/α,β-unsaturated/α-hetero) is 1. The molecule has 2 aromatic rings. The monoisotopic (exact) mass is 471 g/mol. The summed E-state index contributed by atoms with van der Waals surface area (Å²) in [6.45, 7) is 0. The topological polar surface area (TPSA) is 55.4 Å². The number of hydrogen-bond donors (Lipinski definition) is 1. The summed E-state index contributed by atoms with van der Waals surface area (Å²) in [5.74, 6) is 3.62. The van der Waals surface area contributed by atoms with E-state index in [1.165, 1.54) is 32.1 Å². The zero-order valence-corrected chi connectivity index (χ0v) is 19.6. The van der Waals surface area contributed by atoms with E-state index in [4.69, 9.17) is 27.9 Å². The zero-order chi connectivity index (χ0) is 22.4. The Morgan fingerprint density at radius 3 is 2.25 bits per heavy atom. The van der Waals surface area contributed by atoms with Gasteiger partial charge in [-0.3, -0.25) is 9.59 Å². The number of nitrogens with one attached hydrogen (secondary N) is 1. The minimum Gasteiger partial charge on any atom is -0.496 e. The van der Waals surface area contributed by atoms with Gasteiger partial charge < -0.3 is 10.1 Å². The van der Waals surface area contributed by atoms with Crippen LogP contribution in [0.3, 0.4) is 0 Å². The minimum atomic E-state index is -0.269. The van der Waals surface area contributed by atoms with E-state index < -0.39 is 0 Å². The molecule has 4 nitrogen and oxygen atoms in total. The van der Waals surface area contributed by atoms with Gasteiger partial charge in [-0.15, -0.1) is 0 Å². The summed E-state index contributed by atoms with van der Waals surface area (Å²) in [6, 6.07) is 10.2. The highest BCUT2D eigenvalue weighted by molar-refractivity contribution is 6.42. The third-order valence-corrected chi connectivity index (χ3v) is 8.42. The Morgan fingerprint density at radius 2 is 1.62 bits per heavy atom. The van der Waals surface area contributed by atoms with Crippen molar-refractivity contribution in [3.63, 3.8) is 0 Å². The molecule has 0 saturated heterocycles. The summed E-state index contributed by atoms with van der Waals surface area (Å²) < 4.78 is 5.52. The third kappa shape index (κ3) is 4.15. The van der Waals surface area contributed by atoms with Crippen LogP contribution in [-0.4, -0.2) is 18.8 Å². The van der Waals surface area contributed by atoms with Gasteiger partial charge in [0.25, 0.3) is 5.91 Å². The van der Waals surface area contributed by atoms with Crippen LogP contribution in [0.2, 0.25) is 10.0 Å². The molecule has 4 fully saturated rings. The van der Waals surface area contributed by atoms with E-state index in [1.54, 1.807) is 43.5 Å². The molecule has 6 heteroatoms. The molecule has 0 heterocycles. The third-order valence-electron chi connectivity index (χ3n) is 7.68. The molecule has 4 saturated carbocycles. The first-order valence-electron chi connectivity index (χ1n) is 11.4. The number of benzene rings is 2. The number of carbonyl (C=O) groups excluding carboxylic acids is 2. The maximum atomic E-state index is 13.4. The molecule has 6 rings (SSSR count). The van der Waals surface area contributed by atoms with E-state index >= 15 is 0 Å². The predicted octanol–water partition coefficient (Wildman–Crippen LogP) is 6.44. The summed E-state index contributed by atoms with van der Waals surface area (Å²) in [7, 11) is 1.60. The highest BCUT2D eigenvalue weighted by atomic mass is 35.5. The minimum absolute atomic E-state index is 0.168. The van der Waals surface area contributed by atoms with Crippen molar-refractivity contribution in [3.8, 4) is 5.75 Å². The Morgan fingerprint density at radius 1 is 0.938 bits per heavy atom. The van der Waals surface area contributed by atoms with Crippen molar-refractivity contribution in [2.24, 2.45) is 29.6 Å². The fourth-order valence-corrected chi connectivity index (χ4v) is 6.89. The molecule has 0 spiro atoms. The maximum Gasteiger partial charge on any atom is 0.255 e. The number of carbonyl (C=O) groups is 2. The van der Waals surface area contributed by atoms with Crippen LogP contribution in [0.5, 0.6) is 5.75 Å². The molecule has 1 N–H and O–H groups in total. The van der Waals surface area contributed by atoms with Crippen molar-refractivity contribution in [3.05, 3.63) is 57.6 Å². The molecule has 4 aliphatic rings. The molecular weight excluding hydrogens is 445 g/mol. The molecule has 0 radical (unpaired) electrons. The van der Waals surface area contributed by atoms with Crippen LogP contribution in [0.4, 0.5) is 5.69 Å². The van der Waals surface area contributed by atoms with Crippen molar-refractivity contribution in [2.75, 3.05) is 12.4 Å². The first kappa shape index (κ1) is 21.8. The van der Waals surface area contributed by atoms with Crippen LogP contribution < -0.4 is 10.1 Å². The van der Waals surface area contributed by atoms with Gasteiger partial charge in [-0.05, 0) is 92.2 Å². The Labute approximate surface area is 198 Å². The van der Waals surface area contributed by atoms with Gasteiger partial charge in [0.2, 0.25) is 0 Å². The van der Waals surface area contributed by atoms with E-state index in [2.05, 4.69) is 5.32 Å². The molecule has 4 bridgehead atoms. The van der Waals surface area contributed by atoms with Crippen LogP contribution in [0.1, 0.15) is 48.0 Å². The summed E-state index contributed by atoms with van der Waals surface area (Å²) >= 11 is 12.0. The number of ether oxygens (including phenoxy) is 1. The van der Waals surface area contributed by atoms with Gasteiger partial charge in [-0.1, -0.05) is 23.2 Å². The van der Waals surface area contributed by atoms with Gasteiger partial charge in [0.1, 0.15) is 11.5 Å². The zero-order valence-electron chi connectivity index (χ0n) is 18.1. The molecular formula is C26H27Cl2NO3. The molecule has 32 heavy (non-hydrogen) atoms. The molecule has 0 aromatic heterocycles. The highest BCUT2D eigenvalue weighted by Gasteiger charge is 2.50. The van der Waals surface area contributed by atoms with Crippen LogP contribution in [-0.2, 0) is 11.2 Å². The van der Waals surface area contributed by atoms with E-state index in [9.17, 15) is 9.59 Å². The number of halogens is 2. The summed E-state index contributed by atoms with van der Waals surface area (Å²) in [6.07, 6.45) is 6.54. The van der Waals surface area contributed by atoms with Gasteiger partial charge in [0.05, 0.1) is 17.2 Å². The fraction of sp³-hybridized carbons (Fsp3) is 0.462. The molecule has 0 unspecified atom stereocenters. The second kappa shape index (κ2) is 8.72. The maximum absolute atomic E-state index is 13.4. The molecule has 1 amide bonds. The quantitative estimate of drug-likeness (QED) is 0.527. The number of ketones is 1. The number of rotatable bonds is 6. The first-order chi connectivity index (χ1) is 15.4. The van der Waals surface area contributed by atoms with E-state index in [-0.39, 0.29) is 11.8 Å². The Kier molecular flexibility index (Phi) is 5.94. The Bertz CT molecular complexity index is 1040. The van der Waals surface area contributed by atoms with Crippen LogP contribution in [0.15, 0.2) is 36.4 Å². The van der Waals surface area contributed by atoms with E-state index in [0.717, 1.165) is 17.4 Å². The smallest absolute Gasteiger partial charge is 0.255 e. The summed E-state index contributed by atoms with van der Waals surface area (Å²) in [5, 5.41) is 3.65. The van der Waals surface area contributed by atoms with Gasteiger partial charge in [0.15, 0.2) is 0 Å². The Hall–Kier alpha value is -2.04. The van der Waals surface area contributed by atoms with Crippen molar-refractivity contribution in [1.82, 2.24) is 0 Å². The fourth-order valence-electron chi connectivity index (χ4n) is 6.59. The van der Waals surface area contributed by atoms with E-state index in [0.29, 0.717) is 51.1 Å². The van der Waals surface area contributed by atoms with E-state index in [1.807, 2.05) is 0 Å². The lowest BCUT2D eigenvalue weighted by atomic mass is 9.51. The molecule has 0 aliphatic heterocycles. The summed E-state index contributed by atoms with van der Waals surface area (Å²) in [4.78, 5) is 26.3. The number of hydrogen-bond acceptors (Lipinski definition) is 3. The summed E-state index contributed by atoms with van der Waals surface area (Å²) in [5.41, 5.74) is 1.81. The second-order valence-electron chi connectivity index (χ2n) is 9.71. The standard InChI is InChI=1S/C26H27Cl2NO3/c1-32-24-5-2-16(26(31)29-20-3-4-21(27)22(28)13-20)11-17(24)12-23(30)25-18-7-14-6-15(9-18)10-19(25)8-14/h2-5,11,13-15,18-19,25H,6-10,12H2,1H3,(H,29,31). The van der Waals surface area contributed by atoms with Crippen molar-refractivity contribution in [1.29, 1.82) is 0 Å². The van der Waals surface area contributed by atoms with Gasteiger partial charge in [0, 0.05) is 29.2 Å². The molecule has 2 aromatic carbocycles. The van der Waals surface area contributed by atoms with Crippen LogP contribution in [0, 0.1) is 29.6 Å². The van der Waals surface area contributed by atoms with Crippen LogP contribution >= 0.6 is 23.2 Å². The van der Waals surface area contributed by atoms with Crippen molar-refractivity contribution >= 4 is 40.6 Å². The first-order valence-corrected chi connectivity index (χ1v) is 12.1. The van der Waals surface area contributed by atoms with Crippen molar-refractivity contribution < 1.29 is 14.3 Å². The van der Waals surface area contributed by atoms with Crippen molar-refractivity contribution in [2.45, 2.75) is 38.5 Å². The lowest BCUT2D eigenvalue weighted by molar-refractivity contribution is -0.135. The van der Waals surface area contributed by atoms with Gasteiger partial charge >= 0.3 is 0 Å². The lowest BCUT2D eigenvalue weighted by Gasteiger charge is -2.53. The number of amides is 1. The average molecular weight is 472 g/mol. The normalized spacial score (nSPS) is 27.9. The molecule has 168 valence electrons. The Balaban J connectivity index is 1.33. The predicted molar refractivity (Wildman–Crippen MR) is 127 cm³/mol.